The Kier molecular flexibility index (Phi) is 3.43. The van der Waals surface area contributed by atoms with Gasteiger partial charge in [0.1, 0.15) is 17.2 Å². The fourth-order valence-corrected chi connectivity index (χ4v) is 1.82. The van der Waals surface area contributed by atoms with Crippen LogP contribution in [0, 0.1) is 5.82 Å². The van der Waals surface area contributed by atoms with Crippen molar-refractivity contribution in [1.82, 2.24) is 14.5 Å². The summed E-state index contributed by atoms with van der Waals surface area (Å²) in [7, 11) is 1.91. The summed E-state index contributed by atoms with van der Waals surface area (Å²) in [5.41, 5.74) is -0.613. The predicted molar refractivity (Wildman–Crippen MR) is 65.3 cm³/mol. The number of imidazole rings is 1. The minimum absolute atomic E-state index is 0.404. The molecular weight excluding hydrogens is 233 g/mol. The van der Waals surface area contributed by atoms with Crippen molar-refractivity contribution in [2.24, 2.45) is 7.05 Å². The molecule has 0 aliphatic rings. The van der Waals surface area contributed by atoms with Gasteiger partial charge < -0.3 is 9.67 Å². The molecule has 1 unspecified atom stereocenters. The Balaban J connectivity index is 2.07. The highest BCUT2D eigenvalue weighted by molar-refractivity contribution is 5.13. The van der Waals surface area contributed by atoms with Gasteiger partial charge in [-0.15, -0.1) is 0 Å². The van der Waals surface area contributed by atoms with Gasteiger partial charge in [-0.3, -0.25) is 4.98 Å². The number of hydrogen-bond acceptors (Lipinski definition) is 3. The van der Waals surface area contributed by atoms with Crippen LogP contribution in [0.5, 0.6) is 0 Å². The maximum Gasteiger partial charge on any atom is 0.141 e. The summed E-state index contributed by atoms with van der Waals surface area (Å²) in [4.78, 5) is 8.12. The second kappa shape index (κ2) is 4.86. The Morgan fingerprint density at radius 1 is 1.39 bits per heavy atom. The van der Waals surface area contributed by atoms with Crippen molar-refractivity contribution < 1.29 is 9.50 Å². The molecule has 0 aliphatic heterocycles. The summed E-state index contributed by atoms with van der Waals surface area (Å²) < 4.78 is 14.7. The van der Waals surface area contributed by atoms with Crippen LogP contribution in [0.1, 0.15) is 24.9 Å². The van der Waals surface area contributed by atoms with Crippen LogP contribution in [0.15, 0.2) is 30.7 Å². The fourth-order valence-electron chi connectivity index (χ4n) is 1.82. The van der Waals surface area contributed by atoms with E-state index in [4.69, 9.17) is 0 Å². The van der Waals surface area contributed by atoms with E-state index in [0.717, 1.165) is 12.0 Å². The minimum atomic E-state index is -1.08. The summed E-state index contributed by atoms with van der Waals surface area (Å²) in [6.07, 6.45) is 5.82. The number of hydrogen-bond donors (Lipinski definition) is 1. The van der Waals surface area contributed by atoms with Crippen molar-refractivity contribution >= 4 is 0 Å². The molecule has 96 valence electrons. The summed E-state index contributed by atoms with van der Waals surface area (Å²) in [5.74, 6) is 0.496. The second-order valence-electron chi connectivity index (χ2n) is 4.59. The number of rotatable bonds is 4. The maximum atomic E-state index is 12.8. The Morgan fingerprint density at radius 2 is 2.17 bits per heavy atom. The third kappa shape index (κ3) is 2.73. The van der Waals surface area contributed by atoms with Gasteiger partial charge in [-0.25, -0.2) is 9.37 Å². The first-order valence-corrected chi connectivity index (χ1v) is 5.80. The van der Waals surface area contributed by atoms with E-state index in [9.17, 15) is 9.50 Å². The van der Waals surface area contributed by atoms with E-state index in [1.165, 1.54) is 12.1 Å². The zero-order valence-electron chi connectivity index (χ0n) is 10.5. The molecule has 0 amide bonds. The number of aliphatic hydroxyl groups is 1. The molecule has 1 atom stereocenters. The monoisotopic (exact) mass is 249 g/mol. The van der Waals surface area contributed by atoms with Gasteiger partial charge in [-0.05, 0) is 25.5 Å². The first-order chi connectivity index (χ1) is 8.49. The largest absolute Gasteiger partial charge is 0.384 e. The number of aryl methyl sites for hydroxylation is 2. The van der Waals surface area contributed by atoms with Crippen molar-refractivity contribution in [2.75, 3.05) is 0 Å². The van der Waals surface area contributed by atoms with E-state index in [0.29, 0.717) is 18.5 Å². The fraction of sp³-hybridized carbons (Fsp3) is 0.385. The highest BCUT2D eigenvalue weighted by Gasteiger charge is 2.25. The van der Waals surface area contributed by atoms with Crippen molar-refractivity contribution in [2.45, 2.75) is 25.4 Å². The first-order valence-electron chi connectivity index (χ1n) is 5.80. The maximum absolute atomic E-state index is 12.8. The average molecular weight is 249 g/mol. The average Bonchev–Trinajstić information content (AvgIpc) is 2.73. The highest BCUT2D eigenvalue weighted by Crippen LogP contribution is 2.24. The quantitative estimate of drug-likeness (QED) is 0.898. The first kappa shape index (κ1) is 12.7. The summed E-state index contributed by atoms with van der Waals surface area (Å²) in [5, 5.41) is 10.3. The molecule has 5 heteroatoms. The van der Waals surface area contributed by atoms with Crippen molar-refractivity contribution in [3.63, 3.8) is 0 Å². The topological polar surface area (TPSA) is 50.9 Å². The Hall–Kier alpha value is -1.75. The molecule has 0 aliphatic carbocycles. The lowest BCUT2D eigenvalue weighted by molar-refractivity contribution is 0.0427. The molecule has 2 heterocycles. The van der Waals surface area contributed by atoms with Crippen LogP contribution >= 0.6 is 0 Å². The molecule has 2 aromatic rings. The van der Waals surface area contributed by atoms with Crippen LogP contribution in [0.3, 0.4) is 0 Å². The highest BCUT2D eigenvalue weighted by atomic mass is 19.1. The van der Waals surface area contributed by atoms with Crippen molar-refractivity contribution in [3.05, 3.63) is 48.1 Å². The van der Waals surface area contributed by atoms with E-state index in [1.807, 2.05) is 17.8 Å². The van der Waals surface area contributed by atoms with E-state index in [-0.39, 0.29) is 0 Å². The molecule has 0 fully saturated rings. The van der Waals surface area contributed by atoms with Crippen LogP contribution < -0.4 is 0 Å². The zero-order valence-corrected chi connectivity index (χ0v) is 10.5. The minimum Gasteiger partial charge on any atom is -0.384 e. The molecule has 0 aromatic carbocycles. The van der Waals surface area contributed by atoms with E-state index >= 15 is 0 Å². The molecule has 2 rings (SSSR count). The third-order valence-electron chi connectivity index (χ3n) is 3.04. The Morgan fingerprint density at radius 3 is 2.72 bits per heavy atom. The molecule has 1 N–H and O–H groups in total. The van der Waals surface area contributed by atoms with Gasteiger partial charge in [0.2, 0.25) is 0 Å². The van der Waals surface area contributed by atoms with Crippen molar-refractivity contribution in [3.8, 4) is 0 Å². The second-order valence-corrected chi connectivity index (χ2v) is 4.59. The van der Waals surface area contributed by atoms with Crippen LogP contribution in [0.25, 0.3) is 0 Å². The Bertz CT molecular complexity index is 519. The number of aromatic nitrogens is 3. The molecule has 0 saturated heterocycles. The van der Waals surface area contributed by atoms with Gasteiger partial charge in [0.15, 0.2) is 0 Å². The normalized spacial score (nSPS) is 14.4. The van der Waals surface area contributed by atoms with Crippen LogP contribution in [0.2, 0.25) is 0 Å². The van der Waals surface area contributed by atoms with Crippen LogP contribution in [0.4, 0.5) is 4.39 Å². The molecular formula is C13H16FN3O. The van der Waals surface area contributed by atoms with Gasteiger partial charge >= 0.3 is 0 Å². The molecule has 4 nitrogen and oxygen atoms in total. The van der Waals surface area contributed by atoms with Gasteiger partial charge in [-0.2, -0.15) is 0 Å². The molecule has 0 spiro atoms. The third-order valence-corrected chi connectivity index (χ3v) is 3.04. The van der Waals surface area contributed by atoms with Gasteiger partial charge in [-0.1, -0.05) is 0 Å². The summed E-state index contributed by atoms with van der Waals surface area (Å²) >= 11 is 0. The van der Waals surface area contributed by atoms with Crippen LogP contribution in [-0.2, 0) is 19.1 Å². The molecule has 0 bridgehead atoms. The lowest BCUT2D eigenvalue weighted by atomic mass is 9.95. The zero-order chi connectivity index (χ0) is 13.2. The van der Waals surface area contributed by atoms with Crippen LogP contribution in [-0.4, -0.2) is 19.6 Å². The van der Waals surface area contributed by atoms with Gasteiger partial charge in [0.05, 0.1) is 11.9 Å². The van der Waals surface area contributed by atoms with Crippen molar-refractivity contribution in [1.29, 1.82) is 0 Å². The molecule has 0 saturated carbocycles. The summed E-state index contributed by atoms with van der Waals surface area (Å²) in [6.45, 7) is 1.68. The van der Waals surface area contributed by atoms with Gasteiger partial charge in [0, 0.05) is 25.9 Å². The standard InChI is InChI=1S/C13H16FN3O/c1-13(18,11-4-3-10(14)9-16-11)6-5-12-15-7-8-17(12)2/h3-4,7-9,18H,5-6H2,1-2H3. The number of pyridine rings is 1. The van der Waals surface area contributed by atoms with E-state index in [2.05, 4.69) is 9.97 Å². The number of nitrogens with zero attached hydrogens (tertiary/aromatic N) is 3. The number of halogens is 1. The molecule has 18 heavy (non-hydrogen) atoms. The van der Waals surface area contributed by atoms with E-state index < -0.39 is 11.4 Å². The lowest BCUT2D eigenvalue weighted by Gasteiger charge is -2.22. The smallest absolute Gasteiger partial charge is 0.141 e. The summed E-state index contributed by atoms with van der Waals surface area (Å²) in [6, 6.07) is 2.81. The Labute approximate surface area is 105 Å². The molecule has 0 radical (unpaired) electrons. The lowest BCUT2D eigenvalue weighted by Crippen LogP contribution is -2.24. The van der Waals surface area contributed by atoms with Gasteiger partial charge in [0.25, 0.3) is 0 Å². The van der Waals surface area contributed by atoms with E-state index in [1.54, 1.807) is 13.1 Å². The predicted octanol–water partition coefficient (Wildman–Crippen LogP) is 1.79. The SMILES string of the molecule is Cn1ccnc1CCC(C)(O)c1ccc(F)cn1. The molecule has 2 aromatic heterocycles.